The molecule has 0 spiro atoms. The highest BCUT2D eigenvalue weighted by Gasteiger charge is 2.36. The van der Waals surface area contributed by atoms with Gasteiger partial charge in [-0.3, -0.25) is 9.59 Å². The topological polar surface area (TPSA) is 104 Å². The smallest absolute Gasteiger partial charge is 0.334 e. The van der Waals surface area contributed by atoms with Gasteiger partial charge >= 0.3 is 11.9 Å². The largest absolute Gasteiger partial charge is 0.481 e. The molecule has 1 aliphatic heterocycles. The number of carbonyl (C=O) groups is 3. The number of hydrogen-bond acceptors (Lipinski definition) is 3. The Bertz CT molecular complexity index is 344. The van der Waals surface area contributed by atoms with E-state index in [-0.39, 0.29) is 11.3 Å². The number of hydrogen-bond donors (Lipinski definition) is 3. The third kappa shape index (κ3) is 1.73. The number of amides is 1. The molecule has 6 nitrogen and oxygen atoms in total. The average molecular weight is 199 g/mol. The first-order valence-corrected chi connectivity index (χ1v) is 3.90. The molecule has 1 rings (SSSR count). The number of allylic oxidation sites excluding steroid dienone is 1. The summed E-state index contributed by atoms with van der Waals surface area (Å²) in [5.41, 5.74) is 0.0613. The predicted molar refractivity (Wildman–Crippen MR) is 44.2 cm³/mol. The van der Waals surface area contributed by atoms with Crippen LogP contribution in [-0.2, 0) is 14.4 Å². The normalized spacial score (nSPS) is 20.9. The van der Waals surface area contributed by atoms with Gasteiger partial charge in [0.2, 0.25) is 5.91 Å². The van der Waals surface area contributed by atoms with Crippen molar-refractivity contribution in [3.8, 4) is 0 Å². The lowest BCUT2D eigenvalue weighted by Gasteiger charge is -2.05. The predicted octanol–water partition coefficient (Wildman–Crippen LogP) is -0.434. The van der Waals surface area contributed by atoms with Gasteiger partial charge in [0.1, 0.15) is 0 Å². The summed E-state index contributed by atoms with van der Waals surface area (Å²) in [7, 11) is 0. The average Bonchev–Trinajstić information content (AvgIpc) is 2.25. The molecular formula is C8H9NO5. The van der Waals surface area contributed by atoms with Crippen molar-refractivity contribution in [1.82, 2.24) is 5.32 Å². The Balaban J connectivity index is 2.97. The van der Waals surface area contributed by atoms with E-state index in [0.29, 0.717) is 0 Å². The van der Waals surface area contributed by atoms with Gasteiger partial charge in [-0.25, -0.2) is 4.79 Å². The second kappa shape index (κ2) is 3.49. The molecule has 0 fully saturated rings. The molecular weight excluding hydrogens is 190 g/mol. The summed E-state index contributed by atoms with van der Waals surface area (Å²) in [6.45, 7) is 1.43. The Kier molecular flexibility index (Phi) is 2.55. The SMILES string of the molecule is CC1=C(C(=O)O)[C@@H](CC(=O)O)C(=O)N1. The highest BCUT2D eigenvalue weighted by Crippen LogP contribution is 2.24. The van der Waals surface area contributed by atoms with E-state index in [2.05, 4.69) is 5.32 Å². The zero-order valence-electron chi connectivity index (χ0n) is 7.40. The van der Waals surface area contributed by atoms with Crippen LogP contribution >= 0.6 is 0 Å². The Morgan fingerprint density at radius 2 is 2.00 bits per heavy atom. The van der Waals surface area contributed by atoms with Crippen molar-refractivity contribution in [2.75, 3.05) is 0 Å². The summed E-state index contributed by atoms with van der Waals surface area (Å²) in [4.78, 5) is 32.2. The summed E-state index contributed by atoms with van der Waals surface area (Å²) < 4.78 is 0. The maximum Gasteiger partial charge on any atom is 0.334 e. The van der Waals surface area contributed by atoms with Crippen LogP contribution in [-0.4, -0.2) is 28.1 Å². The zero-order valence-corrected chi connectivity index (χ0v) is 7.40. The molecule has 76 valence electrons. The third-order valence-electron chi connectivity index (χ3n) is 1.99. The van der Waals surface area contributed by atoms with Crippen LogP contribution in [0.1, 0.15) is 13.3 Å². The van der Waals surface area contributed by atoms with Gasteiger partial charge in [-0.15, -0.1) is 0 Å². The first-order chi connectivity index (χ1) is 6.43. The van der Waals surface area contributed by atoms with E-state index in [9.17, 15) is 14.4 Å². The van der Waals surface area contributed by atoms with E-state index in [1.54, 1.807) is 0 Å². The summed E-state index contributed by atoms with van der Waals surface area (Å²) in [6.07, 6.45) is -0.495. The van der Waals surface area contributed by atoms with E-state index in [4.69, 9.17) is 10.2 Å². The second-order valence-corrected chi connectivity index (χ2v) is 2.98. The highest BCUT2D eigenvalue weighted by molar-refractivity contribution is 6.02. The van der Waals surface area contributed by atoms with E-state index >= 15 is 0 Å². The van der Waals surface area contributed by atoms with Gasteiger partial charge in [-0.2, -0.15) is 0 Å². The van der Waals surface area contributed by atoms with Crippen molar-refractivity contribution in [3.63, 3.8) is 0 Å². The fourth-order valence-corrected chi connectivity index (χ4v) is 1.41. The van der Waals surface area contributed by atoms with Crippen molar-refractivity contribution < 1.29 is 24.6 Å². The first kappa shape index (κ1) is 10.2. The van der Waals surface area contributed by atoms with Crippen LogP contribution in [0.5, 0.6) is 0 Å². The molecule has 1 amide bonds. The molecule has 0 aromatic rings. The van der Waals surface area contributed by atoms with Gasteiger partial charge in [0, 0.05) is 5.70 Å². The van der Waals surface area contributed by atoms with Gasteiger partial charge in [0.15, 0.2) is 0 Å². The number of nitrogens with one attached hydrogen (secondary N) is 1. The minimum absolute atomic E-state index is 0.155. The van der Waals surface area contributed by atoms with Crippen LogP contribution in [0.25, 0.3) is 0 Å². The lowest BCUT2D eigenvalue weighted by atomic mass is 9.97. The Hall–Kier alpha value is -1.85. The summed E-state index contributed by atoms with van der Waals surface area (Å²) in [5, 5.41) is 19.5. The van der Waals surface area contributed by atoms with Crippen LogP contribution in [0.15, 0.2) is 11.3 Å². The first-order valence-electron chi connectivity index (χ1n) is 3.90. The fraction of sp³-hybridized carbons (Fsp3) is 0.375. The van der Waals surface area contributed by atoms with Crippen molar-refractivity contribution in [2.24, 2.45) is 5.92 Å². The Morgan fingerprint density at radius 3 is 2.43 bits per heavy atom. The van der Waals surface area contributed by atoms with Gasteiger partial charge in [-0.05, 0) is 6.92 Å². The molecule has 1 atom stereocenters. The number of carbonyl (C=O) groups excluding carboxylic acids is 1. The lowest BCUT2D eigenvalue weighted by molar-refractivity contribution is -0.140. The van der Waals surface area contributed by atoms with Gasteiger partial charge in [0.25, 0.3) is 0 Å². The maximum absolute atomic E-state index is 11.2. The van der Waals surface area contributed by atoms with Gasteiger partial charge in [-0.1, -0.05) is 0 Å². The number of carboxylic acid groups (broad SMARTS) is 2. The molecule has 0 saturated heterocycles. The van der Waals surface area contributed by atoms with Crippen LogP contribution in [0.4, 0.5) is 0 Å². The van der Waals surface area contributed by atoms with Crippen LogP contribution in [0.2, 0.25) is 0 Å². The molecule has 0 aromatic carbocycles. The molecule has 0 bridgehead atoms. The lowest BCUT2D eigenvalue weighted by Crippen LogP contribution is -2.24. The molecule has 1 aliphatic rings. The third-order valence-corrected chi connectivity index (χ3v) is 1.99. The Morgan fingerprint density at radius 1 is 1.43 bits per heavy atom. The maximum atomic E-state index is 11.2. The molecule has 6 heteroatoms. The highest BCUT2D eigenvalue weighted by atomic mass is 16.4. The van der Waals surface area contributed by atoms with Crippen LogP contribution in [0.3, 0.4) is 0 Å². The van der Waals surface area contributed by atoms with Crippen molar-refractivity contribution in [3.05, 3.63) is 11.3 Å². The quantitative estimate of drug-likeness (QED) is 0.572. The summed E-state index contributed by atoms with van der Waals surface area (Å²) in [6, 6.07) is 0. The van der Waals surface area contributed by atoms with Gasteiger partial charge in [0.05, 0.1) is 17.9 Å². The summed E-state index contributed by atoms with van der Waals surface area (Å²) in [5.74, 6) is -4.10. The molecule has 0 aliphatic carbocycles. The van der Waals surface area contributed by atoms with E-state index in [0.717, 1.165) is 0 Å². The van der Waals surface area contributed by atoms with E-state index in [1.807, 2.05) is 0 Å². The molecule has 0 saturated carbocycles. The van der Waals surface area contributed by atoms with Crippen molar-refractivity contribution in [1.29, 1.82) is 0 Å². The molecule has 0 unspecified atom stereocenters. The minimum Gasteiger partial charge on any atom is -0.481 e. The molecule has 14 heavy (non-hydrogen) atoms. The molecule has 3 N–H and O–H groups in total. The fourth-order valence-electron chi connectivity index (χ4n) is 1.41. The minimum atomic E-state index is -1.26. The molecule has 0 aromatic heterocycles. The molecule has 0 radical (unpaired) electrons. The monoisotopic (exact) mass is 199 g/mol. The number of rotatable bonds is 3. The number of carboxylic acids is 2. The van der Waals surface area contributed by atoms with Crippen molar-refractivity contribution >= 4 is 17.8 Å². The van der Waals surface area contributed by atoms with E-state index in [1.165, 1.54) is 6.92 Å². The summed E-state index contributed by atoms with van der Waals surface area (Å²) >= 11 is 0. The molecule has 1 heterocycles. The van der Waals surface area contributed by atoms with Crippen molar-refractivity contribution in [2.45, 2.75) is 13.3 Å². The second-order valence-electron chi connectivity index (χ2n) is 2.98. The van der Waals surface area contributed by atoms with Crippen LogP contribution in [0, 0.1) is 5.92 Å². The zero-order chi connectivity index (χ0) is 10.9. The van der Waals surface area contributed by atoms with Crippen LogP contribution < -0.4 is 5.32 Å². The van der Waals surface area contributed by atoms with E-state index < -0.39 is 30.2 Å². The van der Waals surface area contributed by atoms with Gasteiger partial charge < -0.3 is 15.5 Å². The standard InChI is InChI=1S/C8H9NO5/c1-3-6(8(13)14)4(2-5(10)11)7(12)9-3/h4H,2H2,1H3,(H,9,12)(H,10,11)(H,13,14)/t4-/m1/s1. The number of aliphatic carboxylic acids is 2. The Labute approximate surface area is 79.2 Å².